The number of rotatable bonds is 0. The van der Waals surface area contributed by atoms with E-state index in [4.69, 9.17) is 11.5 Å². The van der Waals surface area contributed by atoms with Crippen molar-refractivity contribution in [1.82, 2.24) is 0 Å². The molecule has 1 rings (SSSR count). The molecule has 2 nitrogen and oxygen atoms in total. The molecule has 0 bridgehead atoms. The lowest BCUT2D eigenvalue weighted by Crippen LogP contribution is -1.99. The number of anilines is 2. The first kappa shape index (κ1) is 10.8. The summed E-state index contributed by atoms with van der Waals surface area (Å²) >= 11 is 0. The van der Waals surface area contributed by atoms with E-state index in [0.29, 0.717) is 11.3 Å². The minimum Gasteiger partial charge on any atom is -0.397 e. The fourth-order valence-electron chi connectivity index (χ4n) is 0.717. The quantitative estimate of drug-likeness (QED) is 0.587. The Morgan fingerprint density at radius 1 is 1.17 bits per heavy atom. The van der Waals surface area contributed by atoms with Crippen molar-refractivity contribution in [3.05, 3.63) is 23.5 Å². The lowest BCUT2D eigenvalue weighted by Gasteiger charge is -2.02. The van der Waals surface area contributed by atoms with Gasteiger partial charge in [-0.3, -0.25) is 0 Å². The van der Waals surface area contributed by atoms with Crippen LogP contribution < -0.4 is 11.5 Å². The molecule has 0 aromatic heterocycles. The highest BCUT2D eigenvalue weighted by atomic mass is 19.1. The molecule has 0 heterocycles. The molecule has 0 aliphatic heterocycles. The van der Waals surface area contributed by atoms with Gasteiger partial charge in [-0.1, -0.05) is 19.9 Å². The fourth-order valence-corrected chi connectivity index (χ4v) is 0.717. The van der Waals surface area contributed by atoms with Gasteiger partial charge in [-0.15, -0.1) is 0 Å². The molecule has 0 saturated carbocycles. The summed E-state index contributed by atoms with van der Waals surface area (Å²) in [6, 6.07) is 3.19. The predicted molar refractivity (Wildman–Crippen MR) is 51.3 cm³/mol. The standard InChI is InChI=1S/C7H9FN2.C2H6/c1-4-2-3-5(9)7(10)6(4)8;1-2/h2-3H,9-10H2,1H3;1-2H3. The summed E-state index contributed by atoms with van der Waals surface area (Å²) in [6.45, 7) is 5.64. The smallest absolute Gasteiger partial charge is 0.151 e. The Balaban J connectivity index is 0.000000561. The number of nitrogens with two attached hydrogens (primary N) is 2. The SMILES string of the molecule is CC.Cc1ccc(N)c(N)c1F. The lowest BCUT2D eigenvalue weighted by atomic mass is 10.2. The van der Waals surface area contributed by atoms with Gasteiger partial charge in [0.05, 0.1) is 11.4 Å². The first-order valence-electron chi connectivity index (χ1n) is 3.93. The minimum atomic E-state index is -0.417. The zero-order valence-corrected chi connectivity index (χ0v) is 7.69. The number of nitrogen functional groups attached to an aromatic ring is 2. The van der Waals surface area contributed by atoms with E-state index in [0.717, 1.165) is 0 Å². The zero-order valence-electron chi connectivity index (χ0n) is 7.69. The highest BCUT2D eigenvalue weighted by Crippen LogP contribution is 2.20. The molecule has 0 unspecified atom stereocenters. The zero-order chi connectivity index (χ0) is 9.72. The normalized spacial score (nSPS) is 8.67. The van der Waals surface area contributed by atoms with Crippen molar-refractivity contribution in [2.24, 2.45) is 0 Å². The predicted octanol–water partition coefficient (Wildman–Crippen LogP) is 2.32. The third kappa shape index (κ3) is 2.12. The van der Waals surface area contributed by atoms with Crippen molar-refractivity contribution in [1.29, 1.82) is 0 Å². The molecule has 0 atom stereocenters. The molecular formula is C9H15FN2. The minimum absolute atomic E-state index is 0.0417. The van der Waals surface area contributed by atoms with Crippen molar-refractivity contribution < 1.29 is 4.39 Å². The van der Waals surface area contributed by atoms with Gasteiger partial charge in [0.1, 0.15) is 0 Å². The maximum absolute atomic E-state index is 12.8. The van der Waals surface area contributed by atoms with Crippen molar-refractivity contribution in [3.63, 3.8) is 0 Å². The van der Waals surface area contributed by atoms with Crippen LogP contribution in [0, 0.1) is 12.7 Å². The van der Waals surface area contributed by atoms with E-state index < -0.39 is 5.82 Å². The second-order valence-electron chi connectivity index (χ2n) is 2.20. The lowest BCUT2D eigenvalue weighted by molar-refractivity contribution is 0.624. The number of aryl methyl sites for hydroxylation is 1. The van der Waals surface area contributed by atoms with Gasteiger partial charge in [-0.25, -0.2) is 4.39 Å². The second-order valence-corrected chi connectivity index (χ2v) is 2.20. The summed E-state index contributed by atoms with van der Waals surface area (Å²) in [4.78, 5) is 0. The van der Waals surface area contributed by atoms with Crippen molar-refractivity contribution in [2.45, 2.75) is 20.8 Å². The van der Waals surface area contributed by atoms with E-state index >= 15 is 0 Å². The van der Waals surface area contributed by atoms with Gasteiger partial charge in [-0.05, 0) is 18.6 Å². The maximum atomic E-state index is 12.8. The van der Waals surface area contributed by atoms with Crippen LogP contribution in [0.2, 0.25) is 0 Å². The van der Waals surface area contributed by atoms with Crippen molar-refractivity contribution in [3.8, 4) is 0 Å². The van der Waals surface area contributed by atoms with Gasteiger partial charge in [0, 0.05) is 0 Å². The Kier molecular flexibility index (Phi) is 4.11. The van der Waals surface area contributed by atoms with E-state index in [2.05, 4.69) is 0 Å². The van der Waals surface area contributed by atoms with Gasteiger partial charge in [0.15, 0.2) is 5.82 Å². The first-order valence-corrected chi connectivity index (χ1v) is 3.93. The highest BCUT2D eigenvalue weighted by molar-refractivity contribution is 5.64. The number of halogens is 1. The van der Waals surface area contributed by atoms with Crippen LogP contribution in [0.15, 0.2) is 12.1 Å². The van der Waals surface area contributed by atoms with Crippen LogP contribution in [0.25, 0.3) is 0 Å². The van der Waals surface area contributed by atoms with E-state index in [1.807, 2.05) is 13.8 Å². The van der Waals surface area contributed by atoms with Crippen LogP contribution in [0.3, 0.4) is 0 Å². The summed E-state index contributed by atoms with van der Waals surface area (Å²) in [7, 11) is 0. The average Bonchev–Trinajstić information content (AvgIpc) is 2.12. The highest BCUT2D eigenvalue weighted by Gasteiger charge is 2.03. The molecule has 0 aliphatic carbocycles. The Morgan fingerprint density at radius 3 is 2.08 bits per heavy atom. The number of benzene rings is 1. The molecule has 1 aromatic carbocycles. The van der Waals surface area contributed by atoms with E-state index in [1.165, 1.54) is 0 Å². The molecule has 0 spiro atoms. The molecule has 1 aromatic rings. The first-order chi connectivity index (χ1) is 5.63. The van der Waals surface area contributed by atoms with Gasteiger partial charge < -0.3 is 11.5 Å². The average molecular weight is 170 g/mol. The molecule has 4 N–H and O–H groups in total. The Morgan fingerprint density at radius 2 is 1.67 bits per heavy atom. The fraction of sp³-hybridized carbons (Fsp3) is 0.333. The Labute approximate surface area is 72.4 Å². The molecule has 3 heteroatoms. The van der Waals surface area contributed by atoms with Crippen LogP contribution in [0.1, 0.15) is 19.4 Å². The molecule has 68 valence electrons. The Hall–Kier alpha value is -1.25. The summed E-state index contributed by atoms with van der Waals surface area (Å²) in [6.07, 6.45) is 0. The molecule has 0 amide bonds. The van der Waals surface area contributed by atoms with E-state index in [1.54, 1.807) is 19.1 Å². The molecule has 0 aliphatic rings. The molecular weight excluding hydrogens is 155 g/mol. The van der Waals surface area contributed by atoms with E-state index in [9.17, 15) is 4.39 Å². The number of hydrogen-bond acceptors (Lipinski definition) is 2. The molecule has 0 fully saturated rings. The summed E-state index contributed by atoms with van der Waals surface area (Å²) in [5.41, 5.74) is 11.5. The number of hydrogen-bond donors (Lipinski definition) is 2. The summed E-state index contributed by atoms with van der Waals surface area (Å²) in [5, 5.41) is 0. The van der Waals surface area contributed by atoms with Crippen molar-refractivity contribution >= 4 is 11.4 Å². The maximum Gasteiger partial charge on any atom is 0.151 e. The van der Waals surface area contributed by atoms with Gasteiger partial charge in [0.2, 0.25) is 0 Å². The van der Waals surface area contributed by atoms with Crippen LogP contribution in [0.4, 0.5) is 15.8 Å². The summed E-state index contributed by atoms with van der Waals surface area (Å²) < 4.78 is 12.8. The molecule has 0 saturated heterocycles. The largest absolute Gasteiger partial charge is 0.397 e. The van der Waals surface area contributed by atoms with Gasteiger partial charge in [0.25, 0.3) is 0 Å². The van der Waals surface area contributed by atoms with Crippen molar-refractivity contribution in [2.75, 3.05) is 11.5 Å². The van der Waals surface area contributed by atoms with Gasteiger partial charge in [-0.2, -0.15) is 0 Å². The van der Waals surface area contributed by atoms with Gasteiger partial charge >= 0.3 is 0 Å². The second kappa shape index (κ2) is 4.59. The van der Waals surface area contributed by atoms with Crippen LogP contribution >= 0.6 is 0 Å². The third-order valence-electron chi connectivity index (χ3n) is 1.41. The molecule has 0 radical (unpaired) electrons. The molecule has 12 heavy (non-hydrogen) atoms. The topological polar surface area (TPSA) is 52.0 Å². The monoisotopic (exact) mass is 170 g/mol. The summed E-state index contributed by atoms with van der Waals surface area (Å²) in [5.74, 6) is -0.417. The Bertz CT molecular complexity index is 232. The van der Waals surface area contributed by atoms with E-state index in [-0.39, 0.29) is 5.69 Å². The third-order valence-corrected chi connectivity index (χ3v) is 1.41. The van der Waals surface area contributed by atoms with Crippen LogP contribution in [-0.2, 0) is 0 Å². The van der Waals surface area contributed by atoms with Crippen LogP contribution in [0.5, 0.6) is 0 Å². The van der Waals surface area contributed by atoms with Crippen LogP contribution in [-0.4, -0.2) is 0 Å².